The van der Waals surface area contributed by atoms with E-state index in [0.29, 0.717) is 6.04 Å². The lowest BCUT2D eigenvalue weighted by Gasteiger charge is -2.23. The molecule has 0 aromatic carbocycles. The Morgan fingerprint density at radius 2 is 2.16 bits per heavy atom. The zero-order valence-corrected chi connectivity index (χ0v) is 12.9. The van der Waals surface area contributed by atoms with Crippen molar-refractivity contribution in [3.63, 3.8) is 0 Å². The van der Waals surface area contributed by atoms with Gasteiger partial charge in [-0.25, -0.2) is 0 Å². The molecule has 0 radical (unpaired) electrons. The van der Waals surface area contributed by atoms with Gasteiger partial charge in [0.05, 0.1) is 18.0 Å². The van der Waals surface area contributed by atoms with Gasteiger partial charge in [0.25, 0.3) is 0 Å². The highest BCUT2D eigenvalue weighted by atomic mass is 32.1. The fourth-order valence-electron chi connectivity index (χ4n) is 2.76. The summed E-state index contributed by atoms with van der Waals surface area (Å²) in [6, 6.07) is 2.42. The van der Waals surface area contributed by atoms with Crippen LogP contribution in [-0.4, -0.2) is 13.7 Å². The number of nitrogens with one attached hydrogen (secondary N) is 1. The van der Waals surface area contributed by atoms with Gasteiger partial charge >= 0.3 is 0 Å². The van der Waals surface area contributed by atoms with E-state index in [-0.39, 0.29) is 0 Å². The normalized spacial score (nSPS) is 21.1. The third-order valence-electron chi connectivity index (χ3n) is 3.74. The van der Waals surface area contributed by atoms with Crippen molar-refractivity contribution in [2.45, 2.75) is 51.5 Å². The molecule has 1 aromatic heterocycles. The molecule has 0 fully saturated rings. The largest absolute Gasteiger partial charge is 0.496 e. The van der Waals surface area contributed by atoms with Crippen molar-refractivity contribution in [3.05, 3.63) is 28.0 Å². The van der Waals surface area contributed by atoms with Crippen molar-refractivity contribution in [2.24, 2.45) is 0 Å². The minimum atomic E-state index is 0.345. The van der Waals surface area contributed by atoms with Crippen LogP contribution in [0, 0.1) is 0 Å². The maximum Gasteiger partial charge on any atom is 0.134 e. The van der Waals surface area contributed by atoms with E-state index >= 15 is 0 Å². The summed E-state index contributed by atoms with van der Waals surface area (Å²) in [7, 11) is 1.76. The van der Waals surface area contributed by atoms with Crippen LogP contribution in [0.25, 0.3) is 0 Å². The Kier molecular flexibility index (Phi) is 5.93. The third kappa shape index (κ3) is 3.83. The number of likely N-dealkylation sites (N-methyl/N-ethyl adjacent to an activating group) is 1. The molecule has 3 heteroatoms. The monoisotopic (exact) mass is 279 g/mol. The molecule has 0 bridgehead atoms. The number of allylic oxidation sites excluding steroid dienone is 1. The highest BCUT2D eigenvalue weighted by Gasteiger charge is 2.21. The molecule has 2 nitrogen and oxygen atoms in total. The van der Waals surface area contributed by atoms with Crippen LogP contribution in [0.15, 0.2) is 23.1 Å². The number of ether oxygens (including phenoxy) is 1. The highest BCUT2D eigenvalue weighted by Crippen LogP contribution is 2.37. The van der Waals surface area contributed by atoms with Crippen LogP contribution in [0.5, 0.6) is 5.75 Å². The second-order valence-electron chi connectivity index (χ2n) is 5.08. The van der Waals surface area contributed by atoms with Crippen molar-refractivity contribution in [2.75, 3.05) is 13.7 Å². The smallest absolute Gasteiger partial charge is 0.134 e. The van der Waals surface area contributed by atoms with Gasteiger partial charge < -0.3 is 10.1 Å². The zero-order valence-electron chi connectivity index (χ0n) is 12.1. The molecule has 1 aliphatic carbocycles. The SMILES string of the molecule is CCNC(/C1=C/CCCCCC1)c1sccc1OC. The Bertz CT molecular complexity index is 411. The Morgan fingerprint density at radius 3 is 2.95 bits per heavy atom. The van der Waals surface area contributed by atoms with E-state index < -0.39 is 0 Å². The average molecular weight is 279 g/mol. The van der Waals surface area contributed by atoms with Gasteiger partial charge in [0.2, 0.25) is 0 Å². The third-order valence-corrected chi connectivity index (χ3v) is 4.71. The molecule has 1 atom stereocenters. The summed E-state index contributed by atoms with van der Waals surface area (Å²) in [4.78, 5) is 1.33. The van der Waals surface area contributed by atoms with E-state index in [1.165, 1.54) is 43.4 Å². The van der Waals surface area contributed by atoms with Gasteiger partial charge in [0, 0.05) is 0 Å². The fraction of sp³-hybridized carbons (Fsp3) is 0.625. The molecule has 0 aliphatic heterocycles. The number of methoxy groups -OCH3 is 1. The maximum atomic E-state index is 5.50. The molecule has 1 heterocycles. The summed E-state index contributed by atoms with van der Waals surface area (Å²) in [5.41, 5.74) is 1.56. The predicted molar refractivity (Wildman–Crippen MR) is 83.1 cm³/mol. The van der Waals surface area contributed by atoms with Gasteiger partial charge in [-0.05, 0) is 43.7 Å². The van der Waals surface area contributed by atoms with Crippen LogP contribution in [0.4, 0.5) is 0 Å². The van der Waals surface area contributed by atoms with Crippen LogP contribution < -0.4 is 10.1 Å². The van der Waals surface area contributed by atoms with Crippen LogP contribution in [0.3, 0.4) is 0 Å². The summed E-state index contributed by atoms with van der Waals surface area (Å²) >= 11 is 1.80. The number of thiophene rings is 1. The highest BCUT2D eigenvalue weighted by molar-refractivity contribution is 7.10. The minimum absolute atomic E-state index is 0.345. The first-order valence-corrected chi connectivity index (χ1v) is 8.28. The number of rotatable bonds is 5. The Labute approximate surface area is 120 Å². The quantitative estimate of drug-likeness (QED) is 0.790. The molecule has 1 aromatic rings. The van der Waals surface area contributed by atoms with Gasteiger partial charge in [0.1, 0.15) is 5.75 Å². The van der Waals surface area contributed by atoms with Crippen molar-refractivity contribution >= 4 is 11.3 Å². The molecule has 1 N–H and O–H groups in total. The van der Waals surface area contributed by atoms with Crippen LogP contribution in [-0.2, 0) is 0 Å². The van der Waals surface area contributed by atoms with Gasteiger partial charge in [0.15, 0.2) is 0 Å². The van der Waals surface area contributed by atoms with E-state index in [1.54, 1.807) is 24.0 Å². The van der Waals surface area contributed by atoms with Crippen LogP contribution in [0.2, 0.25) is 0 Å². The first-order valence-electron chi connectivity index (χ1n) is 7.40. The fourth-order valence-corrected chi connectivity index (χ4v) is 3.74. The Morgan fingerprint density at radius 1 is 1.32 bits per heavy atom. The molecule has 0 spiro atoms. The summed E-state index contributed by atoms with van der Waals surface area (Å²) < 4.78 is 5.50. The molecule has 2 rings (SSSR count). The lowest BCUT2D eigenvalue weighted by molar-refractivity contribution is 0.406. The molecular weight excluding hydrogens is 254 g/mol. The Hall–Kier alpha value is -0.800. The molecule has 0 saturated heterocycles. The van der Waals surface area contributed by atoms with Gasteiger partial charge in [-0.15, -0.1) is 11.3 Å². The van der Waals surface area contributed by atoms with E-state index in [0.717, 1.165) is 12.3 Å². The maximum absolute atomic E-state index is 5.50. The summed E-state index contributed by atoms with van der Waals surface area (Å²) in [6.45, 7) is 3.17. The van der Waals surface area contributed by atoms with E-state index in [2.05, 4.69) is 29.8 Å². The lowest BCUT2D eigenvalue weighted by Crippen LogP contribution is -2.22. The van der Waals surface area contributed by atoms with Gasteiger partial charge in [-0.1, -0.05) is 31.4 Å². The molecule has 19 heavy (non-hydrogen) atoms. The predicted octanol–water partition coefficient (Wildman–Crippen LogP) is 4.69. The van der Waals surface area contributed by atoms with Crippen LogP contribution >= 0.6 is 11.3 Å². The summed E-state index contributed by atoms with van der Waals surface area (Å²) in [5, 5.41) is 5.77. The molecule has 106 valence electrons. The number of hydrogen-bond donors (Lipinski definition) is 1. The van der Waals surface area contributed by atoms with Crippen LogP contribution in [0.1, 0.15) is 56.4 Å². The second kappa shape index (κ2) is 7.71. The minimum Gasteiger partial charge on any atom is -0.496 e. The topological polar surface area (TPSA) is 21.3 Å². The summed E-state index contributed by atoms with van der Waals surface area (Å²) in [5.74, 6) is 1.03. The molecule has 0 amide bonds. The van der Waals surface area contributed by atoms with Crippen molar-refractivity contribution in [3.8, 4) is 5.75 Å². The first-order chi connectivity index (χ1) is 9.36. The lowest BCUT2D eigenvalue weighted by atomic mass is 9.94. The van der Waals surface area contributed by atoms with Crippen molar-refractivity contribution in [1.29, 1.82) is 0 Å². The average Bonchev–Trinajstić information content (AvgIpc) is 2.84. The van der Waals surface area contributed by atoms with Crippen molar-refractivity contribution in [1.82, 2.24) is 5.32 Å². The first kappa shape index (κ1) is 14.6. The van der Waals surface area contributed by atoms with E-state index in [4.69, 9.17) is 4.74 Å². The van der Waals surface area contributed by atoms with Crippen molar-refractivity contribution < 1.29 is 4.74 Å². The van der Waals surface area contributed by atoms with E-state index in [9.17, 15) is 0 Å². The van der Waals surface area contributed by atoms with Gasteiger partial charge in [-0.3, -0.25) is 0 Å². The summed E-state index contributed by atoms with van der Waals surface area (Å²) in [6.07, 6.45) is 10.3. The zero-order chi connectivity index (χ0) is 13.5. The molecule has 0 saturated carbocycles. The molecular formula is C16H25NOS. The van der Waals surface area contributed by atoms with Gasteiger partial charge in [-0.2, -0.15) is 0 Å². The molecule has 1 unspecified atom stereocenters. The second-order valence-corrected chi connectivity index (χ2v) is 6.02. The van der Waals surface area contributed by atoms with E-state index in [1.807, 2.05) is 0 Å². The number of hydrogen-bond acceptors (Lipinski definition) is 3. The molecule has 1 aliphatic rings. The Balaban J connectivity index is 2.23. The standard InChI is InChI=1S/C16H25NOS/c1-3-17-15(16-14(18-2)11-12-19-16)13-9-7-5-4-6-8-10-13/h9,11-12,15,17H,3-8,10H2,1-2H3/b13-9+.